The molecule has 2 heterocycles. The summed E-state index contributed by atoms with van der Waals surface area (Å²) in [5, 5.41) is 8.39. The number of hydrogen-bond acceptors (Lipinski definition) is 4. The van der Waals surface area contributed by atoms with Gasteiger partial charge in [0.05, 0.1) is 27.7 Å². The predicted molar refractivity (Wildman–Crippen MR) is 75.5 cm³/mol. The van der Waals surface area contributed by atoms with Gasteiger partial charge in [-0.1, -0.05) is 6.33 Å². The molecule has 2 rings (SSSR count). The maximum Gasteiger partial charge on any atom is 0.330 e. The highest BCUT2D eigenvalue weighted by molar-refractivity contribution is 5.68. The van der Waals surface area contributed by atoms with Gasteiger partial charge in [0.25, 0.3) is 5.56 Å². The average Bonchev–Trinajstić information content (AvgIpc) is 2.82. The third-order valence-corrected chi connectivity index (χ3v) is 2.75. The standard InChI is InChI=1S/C7H8N4O2.C5H14NO/c1-10-5-4(8-3-9-5)6(12)11(2)7(10)13;1-6(2,3)4-5-7/h3H,1-2H3,(H,8,9,12);7H,4-5H2,1-3H3/q;+1/p-1. The van der Waals surface area contributed by atoms with Gasteiger partial charge in [-0.05, 0) is 0 Å². The van der Waals surface area contributed by atoms with Crippen molar-refractivity contribution in [1.29, 1.82) is 0 Å². The van der Waals surface area contributed by atoms with Crippen molar-refractivity contribution < 1.29 is 9.59 Å². The average molecular weight is 283 g/mol. The summed E-state index contributed by atoms with van der Waals surface area (Å²) in [6, 6.07) is 0. The van der Waals surface area contributed by atoms with Crippen LogP contribution < -0.4 is 16.2 Å². The fourth-order valence-electron chi connectivity index (χ4n) is 1.52. The van der Waals surface area contributed by atoms with Crippen molar-refractivity contribution in [2.75, 3.05) is 34.3 Å². The van der Waals surface area contributed by atoms with Crippen LogP contribution in [0.5, 0.6) is 0 Å². The SMILES string of the molecule is C[N+](C)(C)CCO.Cn1c(=O)c2[n-]cnc2n(C)c1=O. The molecule has 0 aliphatic rings. The smallest absolute Gasteiger partial charge is 0.330 e. The van der Waals surface area contributed by atoms with Crippen molar-refractivity contribution in [2.24, 2.45) is 14.1 Å². The van der Waals surface area contributed by atoms with E-state index in [9.17, 15) is 9.59 Å². The summed E-state index contributed by atoms with van der Waals surface area (Å²) in [5.74, 6) is 0. The van der Waals surface area contributed by atoms with Crippen LogP contribution in [0.3, 0.4) is 0 Å². The molecular weight excluding hydrogens is 262 g/mol. The van der Waals surface area contributed by atoms with Crippen molar-refractivity contribution in [3.8, 4) is 0 Å². The molecule has 0 bridgehead atoms. The van der Waals surface area contributed by atoms with Gasteiger partial charge >= 0.3 is 5.69 Å². The van der Waals surface area contributed by atoms with Crippen molar-refractivity contribution in [3.63, 3.8) is 0 Å². The Balaban J connectivity index is 0.000000246. The fraction of sp³-hybridized carbons (Fsp3) is 0.583. The Bertz CT molecular complexity index is 690. The first-order chi connectivity index (χ1) is 9.19. The number of imidazole rings is 1. The van der Waals surface area contributed by atoms with Crippen molar-refractivity contribution in [3.05, 3.63) is 27.2 Å². The van der Waals surface area contributed by atoms with Crippen LogP contribution in [0.4, 0.5) is 0 Å². The molecule has 8 heteroatoms. The number of quaternary nitrogens is 1. The zero-order valence-corrected chi connectivity index (χ0v) is 12.5. The zero-order chi connectivity index (χ0) is 15.5. The first-order valence-electron chi connectivity index (χ1n) is 6.13. The summed E-state index contributed by atoms with van der Waals surface area (Å²) < 4.78 is 3.15. The molecule has 2 aromatic rings. The molecule has 0 unspecified atom stereocenters. The number of nitrogens with zero attached hydrogens (tertiary/aromatic N) is 5. The number of aliphatic hydroxyl groups excluding tert-OH is 1. The lowest BCUT2D eigenvalue weighted by atomic mass is 10.5. The van der Waals surface area contributed by atoms with Crippen LogP contribution in [0.25, 0.3) is 11.2 Å². The van der Waals surface area contributed by atoms with Crippen LogP contribution in [-0.4, -0.2) is 58.0 Å². The van der Waals surface area contributed by atoms with E-state index in [0.717, 1.165) is 15.6 Å². The van der Waals surface area contributed by atoms with Crippen LogP contribution in [-0.2, 0) is 14.1 Å². The molecule has 0 saturated carbocycles. The molecular formula is C12H21N5O3. The van der Waals surface area contributed by atoms with Gasteiger partial charge in [0.1, 0.15) is 6.54 Å². The monoisotopic (exact) mass is 283 g/mol. The van der Waals surface area contributed by atoms with Gasteiger partial charge in [-0.2, -0.15) is 0 Å². The van der Waals surface area contributed by atoms with Gasteiger partial charge in [0, 0.05) is 25.3 Å². The Hall–Kier alpha value is -1.93. The molecule has 0 radical (unpaired) electrons. The normalized spacial score (nSPS) is 11.3. The second-order valence-corrected chi connectivity index (χ2v) is 5.49. The lowest BCUT2D eigenvalue weighted by Crippen LogP contribution is -2.37. The van der Waals surface area contributed by atoms with E-state index in [2.05, 4.69) is 31.1 Å². The second kappa shape index (κ2) is 6.02. The van der Waals surface area contributed by atoms with Crippen molar-refractivity contribution in [1.82, 2.24) is 19.1 Å². The largest absolute Gasteiger partial charge is 0.437 e. The molecule has 0 aliphatic heterocycles. The second-order valence-electron chi connectivity index (χ2n) is 5.49. The van der Waals surface area contributed by atoms with Crippen LogP contribution >= 0.6 is 0 Å². The Morgan fingerprint density at radius 1 is 1.25 bits per heavy atom. The minimum absolute atomic E-state index is 0.226. The Labute approximate surface area is 116 Å². The maximum absolute atomic E-state index is 11.4. The number of aliphatic hydroxyl groups is 1. The van der Waals surface area contributed by atoms with E-state index in [1.165, 1.54) is 17.9 Å². The first-order valence-corrected chi connectivity index (χ1v) is 6.13. The molecule has 1 N–H and O–H groups in total. The van der Waals surface area contributed by atoms with Crippen molar-refractivity contribution >= 4 is 11.2 Å². The highest BCUT2D eigenvalue weighted by Crippen LogP contribution is 1.96. The minimum Gasteiger partial charge on any atom is -0.437 e. The van der Waals surface area contributed by atoms with Gasteiger partial charge in [-0.15, -0.1) is 0 Å². The topological polar surface area (TPSA) is 91.2 Å². The molecule has 0 fully saturated rings. The molecule has 0 saturated heterocycles. The van der Waals surface area contributed by atoms with Gasteiger partial charge in [-0.3, -0.25) is 13.9 Å². The van der Waals surface area contributed by atoms with E-state index < -0.39 is 11.2 Å². The zero-order valence-electron chi connectivity index (χ0n) is 12.5. The number of likely N-dealkylation sites (N-methyl/N-ethyl adjacent to an activating group) is 1. The number of aryl methyl sites for hydroxylation is 1. The van der Waals surface area contributed by atoms with Gasteiger partial charge in [0.15, 0.2) is 0 Å². The highest BCUT2D eigenvalue weighted by Gasteiger charge is 2.03. The van der Waals surface area contributed by atoms with Gasteiger partial charge in [0.2, 0.25) is 0 Å². The molecule has 0 amide bonds. The minimum atomic E-state index is -0.407. The molecule has 8 nitrogen and oxygen atoms in total. The van der Waals surface area contributed by atoms with E-state index in [1.807, 2.05) is 0 Å². The summed E-state index contributed by atoms with van der Waals surface area (Å²) >= 11 is 0. The van der Waals surface area contributed by atoms with Gasteiger partial charge < -0.3 is 19.6 Å². The number of rotatable bonds is 2. The third-order valence-electron chi connectivity index (χ3n) is 2.75. The molecule has 0 aromatic carbocycles. The molecule has 0 atom stereocenters. The maximum atomic E-state index is 11.4. The molecule has 112 valence electrons. The summed E-state index contributed by atoms with van der Waals surface area (Å²) in [7, 11) is 9.13. The van der Waals surface area contributed by atoms with Gasteiger partial charge in [-0.25, -0.2) is 4.79 Å². The fourth-order valence-corrected chi connectivity index (χ4v) is 1.52. The molecule has 0 aliphatic carbocycles. The highest BCUT2D eigenvalue weighted by atomic mass is 16.3. The van der Waals surface area contributed by atoms with Crippen LogP contribution in [0.15, 0.2) is 15.9 Å². The molecule has 0 spiro atoms. The summed E-state index contributed by atoms with van der Waals surface area (Å²) in [4.78, 5) is 30.4. The number of aromatic nitrogens is 4. The summed E-state index contributed by atoms with van der Waals surface area (Å²) in [5.41, 5.74) is -0.244. The number of hydrogen-bond donors (Lipinski definition) is 1. The van der Waals surface area contributed by atoms with E-state index in [1.54, 1.807) is 7.05 Å². The summed E-state index contributed by atoms with van der Waals surface area (Å²) in [6.07, 6.45) is 1.27. The Kier molecular flexibility index (Phi) is 4.85. The third kappa shape index (κ3) is 3.55. The van der Waals surface area contributed by atoms with Crippen LogP contribution in [0, 0.1) is 0 Å². The number of fused-ring (bicyclic) bond motifs is 1. The van der Waals surface area contributed by atoms with Crippen LogP contribution in [0.2, 0.25) is 0 Å². The van der Waals surface area contributed by atoms with E-state index in [0.29, 0.717) is 5.65 Å². The van der Waals surface area contributed by atoms with E-state index in [4.69, 9.17) is 5.11 Å². The molecule has 20 heavy (non-hydrogen) atoms. The molecule has 2 aromatic heterocycles. The first kappa shape index (κ1) is 16.1. The Morgan fingerprint density at radius 2 is 1.85 bits per heavy atom. The summed E-state index contributed by atoms with van der Waals surface area (Å²) in [6.45, 7) is 1.11. The van der Waals surface area contributed by atoms with E-state index >= 15 is 0 Å². The lowest BCUT2D eigenvalue weighted by Gasteiger charge is -2.21. The van der Waals surface area contributed by atoms with Crippen molar-refractivity contribution in [2.45, 2.75) is 0 Å². The Morgan fingerprint density at radius 3 is 2.30 bits per heavy atom. The lowest BCUT2D eigenvalue weighted by molar-refractivity contribution is -0.870. The van der Waals surface area contributed by atoms with E-state index in [-0.39, 0.29) is 12.1 Å². The predicted octanol–water partition coefficient (Wildman–Crippen LogP) is -1.73. The quantitative estimate of drug-likeness (QED) is 0.662. The van der Waals surface area contributed by atoms with Crippen LogP contribution in [0.1, 0.15) is 0 Å².